The first-order valence-corrected chi connectivity index (χ1v) is 5.45. The quantitative estimate of drug-likeness (QED) is 0.676. The lowest BCUT2D eigenvalue weighted by Crippen LogP contribution is -2.56. The third kappa shape index (κ3) is 3.07. The van der Waals surface area contributed by atoms with Crippen molar-refractivity contribution < 1.29 is 14.3 Å². The predicted octanol–water partition coefficient (Wildman–Crippen LogP) is -0.411. The standard InChI is InChI=1S/C9H15ClN2O3/c1-2-11-9(14)7-6-15-4-3-12(7)8(13)5-10/h7H,2-6H2,1H3,(H,11,14). The summed E-state index contributed by atoms with van der Waals surface area (Å²) in [6.07, 6.45) is 0. The van der Waals surface area contributed by atoms with E-state index in [-0.39, 0.29) is 24.3 Å². The van der Waals surface area contributed by atoms with Crippen LogP contribution in [0.3, 0.4) is 0 Å². The molecule has 2 amide bonds. The van der Waals surface area contributed by atoms with Gasteiger partial charge in [0.05, 0.1) is 13.2 Å². The molecular weight excluding hydrogens is 220 g/mol. The minimum atomic E-state index is -0.537. The molecule has 0 spiro atoms. The van der Waals surface area contributed by atoms with E-state index in [9.17, 15) is 9.59 Å². The molecule has 1 saturated heterocycles. The fourth-order valence-electron chi connectivity index (χ4n) is 1.49. The summed E-state index contributed by atoms with van der Waals surface area (Å²) in [6.45, 7) is 3.49. The molecule has 0 aromatic carbocycles. The Bertz CT molecular complexity index is 248. The molecular formula is C9H15ClN2O3. The van der Waals surface area contributed by atoms with Crippen LogP contribution in [0.4, 0.5) is 0 Å². The number of nitrogens with zero attached hydrogens (tertiary/aromatic N) is 1. The first-order valence-electron chi connectivity index (χ1n) is 4.91. The van der Waals surface area contributed by atoms with Crippen molar-refractivity contribution in [3.05, 3.63) is 0 Å². The van der Waals surface area contributed by atoms with E-state index in [0.29, 0.717) is 19.7 Å². The highest BCUT2D eigenvalue weighted by Crippen LogP contribution is 2.08. The zero-order valence-electron chi connectivity index (χ0n) is 8.66. The van der Waals surface area contributed by atoms with E-state index in [1.807, 2.05) is 6.92 Å². The van der Waals surface area contributed by atoms with Gasteiger partial charge in [-0.1, -0.05) is 0 Å². The van der Waals surface area contributed by atoms with Crippen LogP contribution < -0.4 is 5.32 Å². The number of amides is 2. The van der Waals surface area contributed by atoms with E-state index in [1.54, 1.807) is 0 Å². The Morgan fingerprint density at radius 1 is 1.60 bits per heavy atom. The maximum Gasteiger partial charge on any atom is 0.245 e. The molecule has 1 fully saturated rings. The molecule has 1 aliphatic rings. The smallest absolute Gasteiger partial charge is 0.245 e. The molecule has 1 N–H and O–H groups in total. The van der Waals surface area contributed by atoms with E-state index >= 15 is 0 Å². The van der Waals surface area contributed by atoms with Crippen molar-refractivity contribution in [3.63, 3.8) is 0 Å². The molecule has 6 heteroatoms. The summed E-state index contributed by atoms with van der Waals surface area (Å²) in [7, 11) is 0. The van der Waals surface area contributed by atoms with Gasteiger partial charge in [0.15, 0.2) is 0 Å². The van der Waals surface area contributed by atoms with Crippen molar-refractivity contribution in [2.45, 2.75) is 13.0 Å². The minimum Gasteiger partial charge on any atom is -0.377 e. The predicted molar refractivity (Wildman–Crippen MR) is 55.7 cm³/mol. The number of rotatable bonds is 3. The Hall–Kier alpha value is -0.810. The average molecular weight is 235 g/mol. The van der Waals surface area contributed by atoms with Crippen LogP contribution in [0.25, 0.3) is 0 Å². The zero-order valence-corrected chi connectivity index (χ0v) is 9.42. The Morgan fingerprint density at radius 2 is 2.33 bits per heavy atom. The molecule has 0 radical (unpaired) electrons. The van der Waals surface area contributed by atoms with Crippen LogP contribution in [0.15, 0.2) is 0 Å². The van der Waals surface area contributed by atoms with Crippen molar-refractivity contribution in [3.8, 4) is 0 Å². The van der Waals surface area contributed by atoms with Crippen molar-refractivity contribution in [1.29, 1.82) is 0 Å². The van der Waals surface area contributed by atoms with Gasteiger partial charge in [0.2, 0.25) is 11.8 Å². The normalized spacial score (nSPS) is 21.2. The van der Waals surface area contributed by atoms with Gasteiger partial charge < -0.3 is 15.0 Å². The van der Waals surface area contributed by atoms with Gasteiger partial charge in [-0.05, 0) is 6.92 Å². The third-order valence-corrected chi connectivity index (χ3v) is 2.45. The molecule has 1 heterocycles. The number of likely N-dealkylation sites (N-methyl/N-ethyl adjacent to an activating group) is 1. The lowest BCUT2D eigenvalue weighted by molar-refractivity contribution is -0.146. The molecule has 5 nitrogen and oxygen atoms in total. The van der Waals surface area contributed by atoms with Crippen LogP contribution in [0, 0.1) is 0 Å². The summed E-state index contributed by atoms with van der Waals surface area (Å²) in [4.78, 5) is 24.5. The summed E-state index contributed by atoms with van der Waals surface area (Å²) in [5.74, 6) is -0.512. The highest BCUT2D eigenvalue weighted by atomic mass is 35.5. The van der Waals surface area contributed by atoms with E-state index in [4.69, 9.17) is 16.3 Å². The van der Waals surface area contributed by atoms with Crippen LogP contribution in [-0.4, -0.2) is 54.9 Å². The Balaban J connectivity index is 2.65. The largest absolute Gasteiger partial charge is 0.377 e. The average Bonchev–Trinajstić information content (AvgIpc) is 2.28. The summed E-state index contributed by atoms with van der Waals surface area (Å²) in [6, 6.07) is -0.537. The molecule has 86 valence electrons. The van der Waals surface area contributed by atoms with Gasteiger partial charge >= 0.3 is 0 Å². The van der Waals surface area contributed by atoms with Gasteiger partial charge in [-0.2, -0.15) is 0 Å². The van der Waals surface area contributed by atoms with Gasteiger partial charge in [-0.15, -0.1) is 11.6 Å². The number of nitrogens with one attached hydrogen (secondary N) is 1. The Kier molecular flexibility index (Phi) is 4.84. The Labute approximate surface area is 93.7 Å². The highest BCUT2D eigenvalue weighted by Gasteiger charge is 2.31. The SMILES string of the molecule is CCNC(=O)C1COCCN1C(=O)CCl. The summed E-state index contributed by atoms with van der Waals surface area (Å²) in [5.41, 5.74) is 0. The van der Waals surface area contributed by atoms with E-state index in [0.717, 1.165) is 0 Å². The fourth-order valence-corrected chi connectivity index (χ4v) is 1.64. The molecule has 0 aromatic rings. The highest BCUT2D eigenvalue weighted by molar-refractivity contribution is 6.27. The molecule has 0 aromatic heterocycles. The number of morpholine rings is 1. The maximum atomic E-state index is 11.6. The van der Waals surface area contributed by atoms with Gasteiger partial charge in [0, 0.05) is 13.1 Å². The topological polar surface area (TPSA) is 58.6 Å². The number of hydrogen-bond acceptors (Lipinski definition) is 3. The van der Waals surface area contributed by atoms with Crippen molar-refractivity contribution >= 4 is 23.4 Å². The Morgan fingerprint density at radius 3 is 2.93 bits per heavy atom. The van der Waals surface area contributed by atoms with Gasteiger partial charge in [-0.3, -0.25) is 9.59 Å². The molecule has 1 unspecified atom stereocenters. The van der Waals surface area contributed by atoms with Gasteiger partial charge in [0.1, 0.15) is 11.9 Å². The van der Waals surface area contributed by atoms with Crippen LogP contribution in [0.5, 0.6) is 0 Å². The van der Waals surface area contributed by atoms with Crippen LogP contribution in [0.2, 0.25) is 0 Å². The number of carbonyl (C=O) groups excluding carboxylic acids is 2. The fraction of sp³-hybridized carbons (Fsp3) is 0.778. The number of hydrogen-bond donors (Lipinski definition) is 1. The third-order valence-electron chi connectivity index (χ3n) is 2.22. The molecule has 0 aliphatic carbocycles. The second-order valence-corrected chi connectivity index (χ2v) is 3.47. The number of ether oxygens (including phenoxy) is 1. The number of halogens is 1. The summed E-state index contributed by atoms with van der Waals surface area (Å²) in [5, 5.41) is 2.67. The zero-order chi connectivity index (χ0) is 11.3. The van der Waals surface area contributed by atoms with Crippen molar-refractivity contribution in [2.75, 3.05) is 32.2 Å². The van der Waals surface area contributed by atoms with Crippen LogP contribution in [0.1, 0.15) is 6.92 Å². The molecule has 1 aliphatic heterocycles. The number of alkyl halides is 1. The lowest BCUT2D eigenvalue weighted by atomic mass is 10.2. The van der Waals surface area contributed by atoms with Crippen LogP contribution >= 0.6 is 11.6 Å². The van der Waals surface area contributed by atoms with Crippen molar-refractivity contribution in [2.24, 2.45) is 0 Å². The second-order valence-electron chi connectivity index (χ2n) is 3.21. The summed E-state index contributed by atoms with van der Waals surface area (Å²) < 4.78 is 5.18. The number of carbonyl (C=O) groups is 2. The summed E-state index contributed by atoms with van der Waals surface area (Å²) >= 11 is 5.47. The van der Waals surface area contributed by atoms with Gasteiger partial charge in [0.25, 0.3) is 0 Å². The first kappa shape index (κ1) is 12.3. The maximum absolute atomic E-state index is 11.6. The van der Waals surface area contributed by atoms with E-state index in [1.165, 1.54) is 4.90 Å². The van der Waals surface area contributed by atoms with Crippen LogP contribution in [-0.2, 0) is 14.3 Å². The second kappa shape index (κ2) is 5.92. The first-order chi connectivity index (χ1) is 7.20. The minimum absolute atomic E-state index is 0.101. The van der Waals surface area contributed by atoms with E-state index in [2.05, 4.69) is 5.32 Å². The van der Waals surface area contributed by atoms with E-state index < -0.39 is 6.04 Å². The monoisotopic (exact) mass is 234 g/mol. The molecule has 1 atom stereocenters. The molecule has 0 bridgehead atoms. The molecule has 15 heavy (non-hydrogen) atoms. The van der Waals surface area contributed by atoms with Crippen molar-refractivity contribution in [1.82, 2.24) is 10.2 Å². The lowest BCUT2D eigenvalue weighted by Gasteiger charge is -2.34. The molecule has 0 saturated carbocycles. The van der Waals surface area contributed by atoms with Gasteiger partial charge in [-0.25, -0.2) is 0 Å². The molecule has 1 rings (SSSR count).